The molecule has 3 rings (SSSR count). The van der Waals surface area contributed by atoms with E-state index >= 15 is 0 Å². The molecular formula is C18H17BrN2. The number of hydrogen-bond donors (Lipinski definition) is 1. The molecular weight excluding hydrogens is 324 g/mol. The third-order valence-corrected chi connectivity index (χ3v) is 4.20. The third-order valence-electron chi connectivity index (χ3n) is 3.73. The molecule has 0 spiro atoms. The summed E-state index contributed by atoms with van der Waals surface area (Å²) in [5.41, 5.74) is 2.38. The molecule has 0 aliphatic carbocycles. The molecule has 0 saturated carbocycles. The largest absolute Gasteiger partial charge is 0.313 e. The Morgan fingerprint density at radius 3 is 2.57 bits per heavy atom. The van der Waals surface area contributed by atoms with Gasteiger partial charge < -0.3 is 5.32 Å². The summed E-state index contributed by atoms with van der Waals surface area (Å²) in [5.74, 6) is 0. The van der Waals surface area contributed by atoms with Crippen molar-refractivity contribution in [3.8, 4) is 0 Å². The Morgan fingerprint density at radius 2 is 1.86 bits per heavy atom. The van der Waals surface area contributed by atoms with Gasteiger partial charge in [-0.2, -0.15) is 0 Å². The van der Waals surface area contributed by atoms with Gasteiger partial charge in [0, 0.05) is 28.8 Å². The number of benzene rings is 2. The summed E-state index contributed by atoms with van der Waals surface area (Å²) >= 11 is 3.42. The van der Waals surface area contributed by atoms with Crippen LogP contribution in [0.25, 0.3) is 10.8 Å². The Labute approximate surface area is 133 Å². The van der Waals surface area contributed by atoms with Crippen molar-refractivity contribution in [2.75, 3.05) is 7.05 Å². The quantitative estimate of drug-likeness (QED) is 0.756. The minimum atomic E-state index is 0.267. The molecule has 0 bridgehead atoms. The van der Waals surface area contributed by atoms with Crippen LogP contribution in [0.2, 0.25) is 0 Å². The second-order valence-corrected chi connectivity index (χ2v) is 6.04. The molecule has 0 fully saturated rings. The van der Waals surface area contributed by atoms with Crippen molar-refractivity contribution in [2.45, 2.75) is 12.5 Å². The highest BCUT2D eigenvalue weighted by Gasteiger charge is 2.11. The Kier molecular flexibility index (Phi) is 4.32. The smallest absolute Gasteiger partial charge is 0.0423 e. The van der Waals surface area contributed by atoms with E-state index in [9.17, 15) is 0 Å². The number of halogens is 1. The summed E-state index contributed by atoms with van der Waals surface area (Å²) in [6.07, 6.45) is 2.73. The first kappa shape index (κ1) is 14.2. The maximum Gasteiger partial charge on any atom is 0.0423 e. The lowest BCUT2D eigenvalue weighted by Gasteiger charge is -2.17. The minimum Gasteiger partial charge on any atom is -0.313 e. The Bertz CT molecular complexity index is 738. The van der Waals surface area contributed by atoms with Crippen LogP contribution in [0.5, 0.6) is 0 Å². The van der Waals surface area contributed by atoms with Crippen LogP contribution in [-0.2, 0) is 6.42 Å². The van der Waals surface area contributed by atoms with E-state index in [1.54, 1.807) is 0 Å². The van der Waals surface area contributed by atoms with Crippen LogP contribution in [0.15, 0.2) is 65.3 Å². The van der Waals surface area contributed by atoms with E-state index in [2.05, 4.69) is 74.8 Å². The maximum absolute atomic E-state index is 4.47. The highest BCUT2D eigenvalue weighted by Crippen LogP contribution is 2.23. The van der Waals surface area contributed by atoms with Crippen molar-refractivity contribution < 1.29 is 0 Å². The van der Waals surface area contributed by atoms with Gasteiger partial charge in [-0.1, -0.05) is 36.4 Å². The van der Waals surface area contributed by atoms with E-state index in [0.717, 1.165) is 16.6 Å². The van der Waals surface area contributed by atoms with E-state index in [0.29, 0.717) is 0 Å². The lowest BCUT2D eigenvalue weighted by atomic mass is 9.98. The van der Waals surface area contributed by atoms with Gasteiger partial charge in [0.05, 0.1) is 0 Å². The fraction of sp³-hybridized carbons (Fsp3) is 0.167. The first-order valence-corrected chi connectivity index (χ1v) is 7.82. The molecule has 0 saturated heterocycles. The molecule has 0 radical (unpaired) electrons. The van der Waals surface area contributed by atoms with Gasteiger partial charge in [0.25, 0.3) is 0 Å². The van der Waals surface area contributed by atoms with Crippen LogP contribution >= 0.6 is 15.9 Å². The normalized spacial score (nSPS) is 12.5. The average Bonchev–Trinajstić information content (AvgIpc) is 2.54. The van der Waals surface area contributed by atoms with Gasteiger partial charge in [-0.05, 0) is 57.5 Å². The first-order chi connectivity index (χ1) is 10.3. The predicted octanol–water partition coefficient (Wildman–Crippen LogP) is 4.50. The third kappa shape index (κ3) is 3.31. The number of nitrogens with zero attached hydrogens (tertiary/aromatic N) is 1. The minimum absolute atomic E-state index is 0.267. The summed E-state index contributed by atoms with van der Waals surface area (Å²) < 4.78 is 1.01. The number of fused-ring (bicyclic) bond motifs is 1. The maximum atomic E-state index is 4.47. The summed E-state index contributed by atoms with van der Waals surface area (Å²) in [7, 11) is 2.00. The number of nitrogens with one attached hydrogen (secondary N) is 1. The monoisotopic (exact) mass is 340 g/mol. The van der Waals surface area contributed by atoms with E-state index in [1.165, 1.54) is 16.3 Å². The molecule has 2 nitrogen and oxygen atoms in total. The highest BCUT2D eigenvalue weighted by molar-refractivity contribution is 9.10. The van der Waals surface area contributed by atoms with Crippen LogP contribution in [0.1, 0.15) is 17.3 Å². The van der Waals surface area contributed by atoms with Gasteiger partial charge in [-0.3, -0.25) is 4.98 Å². The van der Waals surface area contributed by atoms with Gasteiger partial charge in [0.15, 0.2) is 0 Å². The van der Waals surface area contributed by atoms with Crippen molar-refractivity contribution in [1.29, 1.82) is 0 Å². The second kappa shape index (κ2) is 6.37. The van der Waals surface area contributed by atoms with Crippen molar-refractivity contribution in [1.82, 2.24) is 10.3 Å². The zero-order chi connectivity index (χ0) is 14.7. The molecule has 3 aromatic rings. The molecule has 1 heterocycles. The van der Waals surface area contributed by atoms with Crippen molar-refractivity contribution in [3.05, 3.63) is 76.5 Å². The molecule has 3 heteroatoms. The number of likely N-dealkylation sites (N-methyl/N-ethyl adjacent to an activating group) is 1. The molecule has 1 N–H and O–H groups in total. The molecule has 1 aromatic heterocycles. The summed E-state index contributed by atoms with van der Waals surface area (Å²) in [6, 6.07) is 19.5. The van der Waals surface area contributed by atoms with Gasteiger partial charge in [0.1, 0.15) is 0 Å². The Hall–Kier alpha value is -1.71. The molecule has 0 aliphatic rings. The van der Waals surface area contributed by atoms with Crippen LogP contribution in [0.3, 0.4) is 0 Å². The van der Waals surface area contributed by atoms with E-state index < -0.39 is 0 Å². The fourth-order valence-electron chi connectivity index (χ4n) is 2.55. The van der Waals surface area contributed by atoms with Crippen LogP contribution in [-0.4, -0.2) is 12.0 Å². The Balaban J connectivity index is 1.88. The molecule has 21 heavy (non-hydrogen) atoms. The number of hydrogen-bond acceptors (Lipinski definition) is 2. The fourth-order valence-corrected chi connectivity index (χ4v) is 2.78. The number of pyridine rings is 1. The summed E-state index contributed by atoms with van der Waals surface area (Å²) in [4.78, 5) is 4.47. The zero-order valence-corrected chi connectivity index (χ0v) is 13.5. The molecule has 2 aromatic carbocycles. The predicted molar refractivity (Wildman–Crippen MR) is 91.4 cm³/mol. The van der Waals surface area contributed by atoms with Crippen LogP contribution in [0.4, 0.5) is 0 Å². The van der Waals surface area contributed by atoms with Crippen molar-refractivity contribution in [3.63, 3.8) is 0 Å². The zero-order valence-electron chi connectivity index (χ0n) is 11.9. The van der Waals surface area contributed by atoms with Crippen molar-refractivity contribution in [2.24, 2.45) is 0 Å². The number of rotatable bonds is 4. The van der Waals surface area contributed by atoms with E-state index in [-0.39, 0.29) is 6.04 Å². The number of aromatic nitrogens is 1. The van der Waals surface area contributed by atoms with Gasteiger partial charge in [-0.15, -0.1) is 0 Å². The molecule has 1 atom stereocenters. The van der Waals surface area contributed by atoms with Crippen LogP contribution < -0.4 is 5.32 Å². The first-order valence-electron chi connectivity index (χ1n) is 7.02. The lowest BCUT2D eigenvalue weighted by molar-refractivity contribution is 0.585. The summed E-state index contributed by atoms with van der Waals surface area (Å²) in [6.45, 7) is 0. The standard InChI is InChI=1S/C18H17BrN2/c1-20-18(11-17-9-8-16(19)12-21-17)15-7-6-13-4-2-3-5-14(13)10-15/h2-10,12,18,20H,11H2,1H3. The second-order valence-electron chi connectivity index (χ2n) is 5.12. The van der Waals surface area contributed by atoms with Gasteiger partial charge in [-0.25, -0.2) is 0 Å². The van der Waals surface area contributed by atoms with Crippen LogP contribution in [0, 0.1) is 0 Å². The molecule has 0 amide bonds. The van der Waals surface area contributed by atoms with Crippen molar-refractivity contribution >= 4 is 26.7 Å². The Morgan fingerprint density at radius 1 is 1.05 bits per heavy atom. The SMILES string of the molecule is CNC(Cc1ccc(Br)cn1)c1ccc2ccccc2c1. The topological polar surface area (TPSA) is 24.9 Å². The summed E-state index contributed by atoms with van der Waals surface area (Å²) in [5, 5.41) is 5.95. The molecule has 0 aliphatic heterocycles. The molecule has 1 unspecified atom stereocenters. The van der Waals surface area contributed by atoms with E-state index in [1.807, 2.05) is 19.3 Å². The highest BCUT2D eigenvalue weighted by atomic mass is 79.9. The lowest BCUT2D eigenvalue weighted by Crippen LogP contribution is -2.19. The molecule has 106 valence electrons. The van der Waals surface area contributed by atoms with Gasteiger partial charge >= 0.3 is 0 Å². The average molecular weight is 341 g/mol. The van der Waals surface area contributed by atoms with Gasteiger partial charge in [0.2, 0.25) is 0 Å². The van der Waals surface area contributed by atoms with E-state index in [4.69, 9.17) is 0 Å².